The summed E-state index contributed by atoms with van der Waals surface area (Å²) in [5.74, 6) is 1.31. The molecular weight excluding hydrogens is 409 g/mol. The van der Waals surface area contributed by atoms with Gasteiger partial charge in [-0.15, -0.1) is 11.8 Å². The van der Waals surface area contributed by atoms with Crippen molar-refractivity contribution in [1.29, 1.82) is 0 Å². The first-order valence-corrected chi connectivity index (χ1v) is 8.67. The molecule has 0 bridgehead atoms. The van der Waals surface area contributed by atoms with E-state index in [0.717, 1.165) is 17.0 Å². The van der Waals surface area contributed by atoms with Crippen molar-refractivity contribution in [2.24, 2.45) is 7.05 Å². The van der Waals surface area contributed by atoms with Gasteiger partial charge in [0.2, 0.25) is 0 Å². The first-order valence-electron chi connectivity index (χ1n) is 5.81. The average molecular weight is 422 g/mol. The fourth-order valence-electron chi connectivity index (χ4n) is 1.80. The summed E-state index contributed by atoms with van der Waals surface area (Å²) in [6, 6.07) is 9.20. The number of hydrogen-bond acceptors (Lipinski definition) is 3. The molecular formula is C14H13ClINO2S. The van der Waals surface area contributed by atoms with Gasteiger partial charge in [0.05, 0.1) is 14.3 Å². The van der Waals surface area contributed by atoms with Gasteiger partial charge < -0.3 is 9.30 Å². The maximum atomic E-state index is 12.0. The molecule has 1 aromatic heterocycles. The van der Waals surface area contributed by atoms with E-state index in [4.69, 9.17) is 16.3 Å². The van der Waals surface area contributed by atoms with Crippen molar-refractivity contribution in [2.45, 2.75) is 0 Å². The number of halogens is 2. The molecule has 20 heavy (non-hydrogen) atoms. The molecule has 0 aliphatic heterocycles. The largest absolute Gasteiger partial charge is 0.483 e. The molecule has 0 saturated heterocycles. The summed E-state index contributed by atoms with van der Waals surface area (Å²) in [6.45, 7) is 0. The Morgan fingerprint density at radius 2 is 2.10 bits per heavy atom. The molecule has 2 aromatic rings. The predicted molar refractivity (Wildman–Crippen MR) is 93.9 cm³/mol. The first-order chi connectivity index (χ1) is 9.54. The Labute approximate surface area is 140 Å². The number of nitrogens with zero attached hydrogens (tertiary/aromatic N) is 1. The minimum absolute atomic E-state index is 0.0260. The molecule has 0 aliphatic carbocycles. The van der Waals surface area contributed by atoms with Gasteiger partial charge in [-0.25, -0.2) is 0 Å². The van der Waals surface area contributed by atoms with Crippen LogP contribution < -0.4 is 10.3 Å². The quantitative estimate of drug-likeness (QED) is 0.552. The first kappa shape index (κ1) is 15.7. The molecule has 6 heteroatoms. The van der Waals surface area contributed by atoms with Crippen molar-refractivity contribution < 1.29 is 4.74 Å². The predicted octanol–water partition coefficient (Wildman–Crippen LogP) is 4.01. The van der Waals surface area contributed by atoms with Crippen LogP contribution in [-0.2, 0) is 7.05 Å². The number of pyridine rings is 1. The Kier molecular flexibility index (Phi) is 5.40. The highest BCUT2D eigenvalue weighted by atomic mass is 127. The van der Waals surface area contributed by atoms with E-state index in [1.54, 1.807) is 35.5 Å². The van der Waals surface area contributed by atoms with Gasteiger partial charge in [0, 0.05) is 12.6 Å². The van der Waals surface area contributed by atoms with Crippen LogP contribution >= 0.6 is 46.0 Å². The summed E-state index contributed by atoms with van der Waals surface area (Å²) in [7, 11) is 1.74. The second-order valence-electron chi connectivity index (χ2n) is 4.12. The monoisotopic (exact) mass is 421 g/mol. The van der Waals surface area contributed by atoms with Gasteiger partial charge >= 0.3 is 0 Å². The number of ether oxygens (including phenoxy) is 1. The molecule has 106 valence electrons. The van der Waals surface area contributed by atoms with Crippen molar-refractivity contribution in [2.75, 3.05) is 12.2 Å². The van der Waals surface area contributed by atoms with Crippen LogP contribution in [-0.4, -0.2) is 16.8 Å². The molecule has 2 rings (SSSR count). The molecule has 0 atom stereocenters. The van der Waals surface area contributed by atoms with Crippen LogP contribution in [0.2, 0.25) is 5.02 Å². The van der Waals surface area contributed by atoms with Gasteiger partial charge in [-0.05, 0) is 59.2 Å². The van der Waals surface area contributed by atoms with E-state index < -0.39 is 0 Å². The summed E-state index contributed by atoms with van der Waals surface area (Å²) < 4.78 is 7.80. The third kappa shape index (κ3) is 3.32. The number of aromatic nitrogens is 1. The van der Waals surface area contributed by atoms with E-state index in [1.807, 2.05) is 47.0 Å². The number of hydrogen-bond donors (Lipinski definition) is 0. The molecule has 0 aliphatic rings. The van der Waals surface area contributed by atoms with Crippen LogP contribution in [0, 0.1) is 3.57 Å². The standard InChI is InChI=1S/C14H13ClINO2S/c1-17-13(6-5-12(16)14(17)18)10-4-3-9(7-11(10)15)19-8-20-2/h3-7H,8H2,1-2H3. The third-order valence-corrected chi connectivity index (χ3v) is 4.31. The van der Waals surface area contributed by atoms with Crippen LogP contribution in [0.5, 0.6) is 5.75 Å². The lowest BCUT2D eigenvalue weighted by atomic mass is 10.1. The second kappa shape index (κ2) is 6.87. The fraction of sp³-hybridized carbons (Fsp3) is 0.214. The van der Waals surface area contributed by atoms with Crippen molar-refractivity contribution in [3.8, 4) is 17.0 Å². The molecule has 1 aromatic carbocycles. The van der Waals surface area contributed by atoms with E-state index in [-0.39, 0.29) is 5.56 Å². The SMILES string of the molecule is CSCOc1ccc(-c2ccc(I)c(=O)n2C)c(Cl)c1. The number of benzene rings is 1. The minimum Gasteiger partial charge on any atom is -0.483 e. The highest BCUT2D eigenvalue weighted by Gasteiger charge is 2.10. The lowest BCUT2D eigenvalue weighted by molar-refractivity contribution is 0.393. The Balaban J connectivity index is 2.44. The van der Waals surface area contributed by atoms with Gasteiger partial charge in [-0.2, -0.15) is 0 Å². The number of thioether (sulfide) groups is 1. The van der Waals surface area contributed by atoms with E-state index >= 15 is 0 Å². The van der Waals surface area contributed by atoms with Crippen molar-refractivity contribution >= 4 is 46.0 Å². The van der Waals surface area contributed by atoms with Crippen molar-refractivity contribution in [1.82, 2.24) is 4.57 Å². The van der Waals surface area contributed by atoms with Crippen LogP contribution in [0.15, 0.2) is 35.1 Å². The summed E-state index contributed by atoms with van der Waals surface area (Å²) >= 11 is 9.93. The van der Waals surface area contributed by atoms with E-state index in [2.05, 4.69) is 0 Å². The molecule has 0 fully saturated rings. The zero-order valence-electron chi connectivity index (χ0n) is 11.0. The van der Waals surface area contributed by atoms with Crippen LogP contribution in [0.3, 0.4) is 0 Å². The molecule has 0 spiro atoms. The summed E-state index contributed by atoms with van der Waals surface area (Å²) in [5.41, 5.74) is 1.58. The zero-order chi connectivity index (χ0) is 14.7. The molecule has 1 heterocycles. The maximum Gasteiger partial charge on any atom is 0.264 e. The van der Waals surface area contributed by atoms with Gasteiger partial charge in [0.15, 0.2) is 0 Å². The molecule has 0 radical (unpaired) electrons. The lowest BCUT2D eigenvalue weighted by Crippen LogP contribution is -2.20. The smallest absolute Gasteiger partial charge is 0.264 e. The molecule has 3 nitrogen and oxygen atoms in total. The average Bonchev–Trinajstić information content (AvgIpc) is 2.44. The Bertz CT molecular complexity index is 687. The summed E-state index contributed by atoms with van der Waals surface area (Å²) in [6.07, 6.45) is 1.97. The van der Waals surface area contributed by atoms with Crippen molar-refractivity contribution in [3.05, 3.63) is 49.3 Å². The Morgan fingerprint density at radius 1 is 1.35 bits per heavy atom. The topological polar surface area (TPSA) is 31.2 Å². The molecule has 0 N–H and O–H groups in total. The Hall–Kier alpha value is -0.660. The Morgan fingerprint density at radius 3 is 2.75 bits per heavy atom. The summed E-state index contributed by atoms with van der Waals surface area (Å²) in [5, 5.41) is 0.569. The van der Waals surface area contributed by atoms with Crippen LogP contribution in [0.25, 0.3) is 11.3 Å². The van der Waals surface area contributed by atoms with E-state index in [1.165, 1.54) is 0 Å². The second-order valence-corrected chi connectivity index (χ2v) is 6.51. The maximum absolute atomic E-state index is 12.0. The minimum atomic E-state index is -0.0260. The number of rotatable bonds is 4. The van der Waals surface area contributed by atoms with Crippen LogP contribution in [0.4, 0.5) is 0 Å². The van der Waals surface area contributed by atoms with Crippen LogP contribution in [0.1, 0.15) is 0 Å². The van der Waals surface area contributed by atoms with Crippen molar-refractivity contribution in [3.63, 3.8) is 0 Å². The van der Waals surface area contributed by atoms with E-state index in [0.29, 0.717) is 14.5 Å². The normalized spacial score (nSPS) is 10.6. The van der Waals surface area contributed by atoms with Gasteiger partial charge in [-0.1, -0.05) is 11.6 Å². The lowest BCUT2D eigenvalue weighted by Gasteiger charge is -2.12. The van der Waals surface area contributed by atoms with E-state index in [9.17, 15) is 4.79 Å². The zero-order valence-corrected chi connectivity index (χ0v) is 14.8. The molecule has 0 saturated carbocycles. The van der Waals surface area contributed by atoms with Gasteiger partial charge in [0.25, 0.3) is 5.56 Å². The highest BCUT2D eigenvalue weighted by Crippen LogP contribution is 2.30. The fourth-order valence-corrected chi connectivity index (χ4v) is 2.86. The molecule has 0 unspecified atom stereocenters. The molecule has 0 amide bonds. The van der Waals surface area contributed by atoms with Gasteiger partial charge in [-0.3, -0.25) is 4.79 Å². The highest BCUT2D eigenvalue weighted by molar-refractivity contribution is 14.1. The van der Waals surface area contributed by atoms with Gasteiger partial charge in [0.1, 0.15) is 11.7 Å². The third-order valence-electron chi connectivity index (χ3n) is 2.82. The summed E-state index contributed by atoms with van der Waals surface area (Å²) in [4.78, 5) is 12.0.